The number of carbonyl (C=O) groups excluding carboxylic acids is 1. The van der Waals surface area contributed by atoms with Crippen molar-refractivity contribution in [2.24, 2.45) is 0 Å². The van der Waals surface area contributed by atoms with Gasteiger partial charge in [-0.1, -0.05) is 33.6 Å². The number of halogens is 1. The molecule has 0 aliphatic heterocycles. The number of hydrogen-bond acceptors (Lipinski definition) is 2. The third-order valence-corrected chi connectivity index (χ3v) is 4.15. The number of amides is 1. The smallest absolute Gasteiger partial charge is 0.274 e. The van der Waals surface area contributed by atoms with Crippen LogP contribution in [0.2, 0.25) is 0 Å². The Morgan fingerprint density at radius 2 is 1.79 bits per heavy atom. The molecular weight excluding hydrogens is 370 g/mol. The fraction of sp³-hybridized carbons (Fsp3) is 0.111. The van der Waals surface area contributed by atoms with Gasteiger partial charge in [0.15, 0.2) is 0 Å². The van der Waals surface area contributed by atoms with E-state index in [9.17, 15) is 9.59 Å². The molecule has 0 saturated heterocycles. The summed E-state index contributed by atoms with van der Waals surface area (Å²) in [5, 5.41) is 5.69. The molecule has 0 atom stereocenters. The first-order valence-corrected chi connectivity index (χ1v) is 8.24. The van der Waals surface area contributed by atoms with Gasteiger partial charge in [0, 0.05) is 21.9 Å². The summed E-state index contributed by atoms with van der Waals surface area (Å²) in [6, 6.07) is 14.9. The Balaban J connectivity index is 1.74. The van der Waals surface area contributed by atoms with Crippen molar-refractivity contribution in [2.75, 3.05) is 5.32 Å². The Hall–Kier alpha value is -2.60. The standard InChI is InChI=1S/C18H16BrN3O2/c1-12-2-6-15(7-3-12)21-17(23)10-13-11-20-22(18(13)24)16-8-4-14(19)5-9-16/h2-9,11,20H,10H2,1H3,(H,21,23). The van der Waals surface area contributed by atoms with Gasteiger partial charge in [-0.05, 0) is 43.3 Å². The summed E-state index contributed by atoms with van der Waals surface area (Å²) in [5.74, 6) is -0.224. The number of benzene rings is 2. The van der Waals surface area contributed by atoms with E-state index in [2.05, 4.69) is 26.3 Å². The predicted octanol–water partition coefficient (Wildman–Crippen LogP) is 3.42. The number of aromatic amines is 1. The monoisotopic (exact) mass is 385 g/mol. The zero-order valence-corrected chi connectivity index (χ0v) is 14.6. The summed E-state index contributed by atoms with van der Waals surface area (Å²) >= 11 is 3.36. The summed E-state index contributed by atoms with van der Waals surface area (Å²) in [7, 11) is 0. The van der Waals surface area contributed by atoms with E-state index in [0.717, 1.165) is 15.7 Å². The molecule has 0 fully saturated rings. The van der Waals surface area contributed by atoms with Gasteiger partial charge in [0.1, 0.15) is 0 Å². The topological polar surface area (TPSA) is 66.9 Å². The molecular formula is C18H16BrN3O2. The lowest BCUT2D eigenvalue weighted by molar-refractivity contribution is -0.115. The molecule has 5 nitrogen and oxygen atoms in total. The minimum atomic E-state index is -0.226. The van der Waals surface area contributed by atoms with Crippen LogP contribution in [-0.4, -0.2) is 15.7 Å². The molecule has 1 amide bonds. The van der Waals surface area contributed by atoms with Crippen LogP contribution < -0.4 is 10.9 Å². The maximum absolute atomic E-state index is 12.4. The summed E-state index contributed by atoms with van der Waals surface area (Å²) in [6.45, 7) is 1.98. The largest absolute Gasteiger partial charge is 0.326 e. The Morgan fingerprint density at radius 3 is 2.46 bits per heavy atom. The number of anilines is 1. The molecule has 3 aromatic rings. The van der Waals surface area contributed by atoms with Crippen molar-refractivity contribution in [3.63, 3.8) is 0 Å². The summed E-state index contributed by atoms with van der Waals surface area (Å²) < 4.78 is 2.35. The van der Waals surface area contributed by atoms with E-state index in [0.29, 0.717) is 11.3 Å². The van der Waals surface area contributed by atoms with Crippen LogP contribution >= 0.6 is 15.9 Å². The van der Waals surface area contributed by atoms with Crippen LogP contribution in [0.15, 0.2) is 64.0 Å². The Morgan fingerprint density at radius 1 is 1.12 bits per heavy atom. The SMILES string of the molecule is Cc1ccc(NC(=O)Cc2c[nH]n(-c3ccc(Br)cc3)c2=O)cc1. The number of nitrogens with zero attached hydrogens (tertiary/aromatic N) is 1. The maximum Gasteiger partial charge on any atom is 0.274 e. The van der Waals surface area contributed by atoms with E-state index in [1.807, 2.05) is 55.5 Å². The first-order chi connectivity index (χ1) is 11.5. The average Bonchev–Trinajstić information content (AvgIpc) is 2.91. The van der Waals surface area contributed by atoms with Crippen molar-refractivity contribution in [3.05, 3.63) is 80.7 Å². The van der Waals surface area contributed by atoms with Gasteiger partial charge in [0.05, 0.1) is 12.1 Å². The highest BCUT2D eigenvalue weighted by molar-refractivity contribution is 9.10. The van der Waals surface area contributed by atoms with Gasteiger partial charge in [-0.3, -0.25) is 14.7 Å². The summed E-state index contributed by atoms with van der Waals surface area (Å²) in [6.07, 6.45) is 1.59. The van der Waals surface area contributed by atoms with Crippen LogP contribution in [0, 0.1) is 6.92 Å². The molecule has 0 unspecified atom stereocenters. The molecule has 2 N–H and O–H groups in total. The van der Waals surface area contributed by atoms with Crippen molar-refractivity contribution >= 4 is 27.5 Å². The first-order valence-electron chi connectivity index (χ1n) is 7.45. The van der Waals surface area contributed by atoms with Crippen molar-refractivity contribution < 1.29 is 4.79 Å². The Bertz CT molecular complexity index is 909. The average molecular weight is 386 g/mol. The molecule has 0 bridgehead atoms. The second-order valence-electron chi connectivity index (χ2n) is 5.51. The number of aromatic nitrogens is 2. The molecule has 0 saturated carbocycles. The number of carbonyl (C=O) groups is 1. The minimum absolute atomic E-state index is 0.0206. The van der Waals surface area contributed by atoms with Crippen LogP contribution in [0.5, 0.6) is 0 Å². The van der Waals surface area contributed by atoms with Crippen molar-refractivity contribution in [2.45, 2.75) is 13.3 Å². The summed E-state index contributed by atoms with van der Waals surface area (Å²) in [5.41, 5.74) is 2.75. The summed E-state index contributed by atoms with van der Waals surface area (Å²) in [4.78, 5) is 24.6. The molecule has 6 heteroatoms. The molecule has 0 aliphatic rings. The number of hydrogen-bond donors (Lipinski definition) is 2. The normalized spacial score (nSPS) is 10.6. The lowest BCUT2D eigenvalue weighted by Crippen LogP contribution is -2.22. The lowest BCUT2D eigenvalue weighted by Gasteiger charge is -2.04. The molecule has 0 spiro atoms. The lowest BCUT2D eigenvalue weighted by atomic mass is 10.2. The number of nitrogens with one attached hydrogen (secondary N) is 2. The Kier molecular flexibility index (Phi) is 4.66. The zero-order chi connectivity index (χ0) is 17.1. The molecule has 24 heavy (non-hydrogen) atoms. The third kappa shape index (κ3) is 3.65. The van der Waals surface area contributed by atoms with Gasteiger partial charge < -0.3 is 5.32 Å². The zero-order valence-electron chi connectivity index (χ0n) is 13.0. The quantitative estimate of drug-likeness (QED) is 0.722. The highest BCUT2D eigenvalue weighted by Gasteiger charge is 2.12. The predicted molar refractivity (Wildman–Crippen MR) is 97.6 cm³/mol. The van der Waals surface area contributed by atoms with Crippen molar-refractivity contribution in [1.82, 2.24) is 9.78 Å². The molecule has 0 aliphatic carbocycles. The van der Waals surface area contributed by atoms with Gasteiger partial charge in [0.25, 0.3) is 5.56 Å². The molecule has 122 valence electrons. The minimum Gasteiger partial charge on any atom is -0.326 e. The van der Waals surface area contributed by atoms with Gasteiger partial charge in [-0.15, -0.1) is 0 Å². The second-order valence-corrected chi connectivity index (χ2v) is 6.42. The molecule has 3 rings (SSSR count). The van der Waals surface area contributed by atoms with Crippen molar-refractivity contribution in [1.29, 1.82) is 0 Å². The fourth-order valence-electron chi connectivity index (χ4n) is 2.33. The maximum atomic E-state index is 12.4. The van der Waals surface area contributed by atoms with Gasteiger partial charge >= 0.3 is 0 Å². The van der Waals surface area contributed by atoms with Crippen LogP contribution in [0.25, 0.3) is 5.69 Å². The van der Waals surface area contributed by atoms with Crippen LogP contribution in [-0.2, 0) is 11.2 Å². The van der Waals surface area contributed by atoms with E-state index >= 15 is 0 Å². The van der Waals surface area contributed by atoms with Gasteiger partial charge in [-0.25, -0.2) is 4.68 Å². The Labute approximate surface area is 147 Å². The van der Waals surface area contributed by atoms with E-state index in [4.69, 9.17) is 0 Å². The second kappa shape index (κ2) is 6.88. The fourth-order valence-corrected chi connectivity index (χ4v) is 2.59. The van der Waals surface area contributed by atoms with Crippen LogP contribution in [0.1, 0.15) is 11.1 Å². The van der Waals surface area contributed by atoms with E-state index in [1.54, 1.807) is 6.20 Å². The molecule has 1 heterocycles. The third-order valence-electron chi connectivity index (χ3n) is 3.62. The molecule has 1 aromatic heterocycles. The van der Waals surface area contributed by atoms with E-state index in [1.165, 1.54) is 4.68 Å². The molecule has 0 radical (unpaired) electrons. The van der Waals surface area contributed by atoms with Gasteiger partial charge in [-0.2, -0.15) is 0 Å². The van der Waals surface area contributed by atoms with Crippen LogP contribution in [0.3, 0.4) is 0 Å². The van der Waals surface area contributed by atoms with Gasteiger partial charge in [0.2, 0.25) is 5.91 Å². The van der Waals surface area contributed by atoms with Crippen LogP contribution in [0.4, 0.5) is 5.69 Å². The molecule has 2 aromatic carbocycles. The van der Waals surface area contributed by atoms with E-state index in [-0.39, 0.29) is 17.9 Å². The number of aryl methyl sites for hydroxylation is 1. The highest BCUT2D eigenvalue weighted by Crippen LogP contribution is 2.13. The highest BCUT2D eigenvalue weighted by atomic mass is 79.9. The first kappa shape index (κ1) is 16.3. The van der Waals surface area contributed by atoms with E-state index < -0.39 is 0 Å². The van der Waals surface area contributed by atoms with Crippen molar-refractivity contribution in [3.8, 4) is 5.69 Å². The number of H-pyrrole nitrogens is 1. The number of rotatable bonds is 4.